The van der Waals surface area contributed by atoms with Crippen molar-refractivity contribution < 1.29 is 4.52 Å². The first-order valence-corrected chi connectivity index (χ1v) is 8.15. The SMILES string of the molecule is CCCC(C)N(C)CCCc1nc(-c2cccs2)no1. The lowest BCUT2D eigenvalue weighted by Gasteiger charge is -2.23. The summed E-state index contributed by atoms with van der Waals surface area (Å²) < 4.78 is 5.31. The molecule has 20 heavy (non-hydrogen) atoms. The van der Waals surface area contributed by atoms with E-state index in [9.17, 15) is 0 Å². The van der Waals surface area contributed by atoms with Crippen LogP contribution in [0.4, 0.5) is 0 Å². The molecule has 1 unspecified atom stereocenters. The Hall–Kier alpha value is -1.20. The molecule has 2 aromatic rings. The van der Waals surface area contributed by atoms with E-state index in [0.717, 1.165) is 30.2 Å². The molecule has 2 heterocycles. The van der Waals surface area contributed by atoms with Gasteiger partial charge in [-0.2, -0.15) is 4.98 Å². The molecule has 0 aromatic carbocycles. The normalized spacial score (nSPS) is 13.0. The first kappa shape index (κ1) is 15.2. The maximum absolute atomic E-state index is 5.31. The van der Waals surface area contributed by atoms with Crippen molar-refractivity contribution in [2.24, 2.45) is 0 Å². The zero-order chi connectivity index (χ0) is 14.4. The fourth-order valence-electron chi connectivity index (χ4n) is 2.20. The third kappa shape index (κ3) is 4.15. The van der Waals surface area contributed by atoms with Gasteiger partial charge in [-0.25, -0.2) is 0 Å². The number of rotatable bonds is 8. The van der Waals surface area contributed by atoms with Crippen molar-refractivity contribution in [3.8, 4) is 10.7 Å². The molecule has 0 spiro atoms. The zero-order valence-electron chi connectivity index (χ0n) is 12.5. The highest BCUT2D eigenvalue weighted by molar-refractivity contribution is 7.13. The molecule has 0 amide bonds. The second-order valence-electron chi connectivity index (χ2n) is 5.21. The van der Waals surface area contributed by atoms with E-state index in [2.05, 4.69) is 35.9 Å². The molecule has 0 fully saturated rings. The van der Waals surface area contributed by atoms with Crippen LogP contribution in [-0.4, -0.2) is 34.7 Å². The quantitative estimate of drug-likeness (QED) is 0.741. The first-order valence-electron chi connectivity index (χ1n) is 7.27. The number of nitrogens with zero attached hydrogens (tertiary/aromatic N) is 3. The summed E-state index contributed by atoms with van der Waals surface area (Å²) in [7, 11) is 2.19. The summed E-state index contributed by atoms with van der Waals surface area (Å²) in [6.45, 7) is 5.58. The van der Waals surface area contributed by atoms with Gasteiger partial charge < -0.3 is 9.42 Å². The highest BCUT2D eigenvalue weighted by atomic mass is 32.1. The molecule has 0 aliphatic heterocycles. The minimum atomic E-state index is 0.643. The molecule has 0 aliphatic rings. The largest absolute Gasteiger partial charge is 0.339 e. The van der Waals surface area contributed by atoms with Crippen LogP contribution in [0.25, 0.3) is 10.7 Å². The fourth-order valence-corrected chi connectivity index (χ4v) is 2.85. The van der Waals surface area contributed by atoms with Crippen LogP contribution in [0.1, 0.15) is 39.0 Å². The third-order valence-electron chi connectivity index (χ3n) is 3.57. The first-order chi connectivity index (χ1) is 9.70. The molecule has 2 rings (SSSR count). The third-order valence-corrected chi connectivity index (χ3v) is 4.44. The molecule has 0 radical (unpaired) electrons. The topological polar surface area (TPSA) is 42.2 Å². The fraction of sp³-hybridized carbons (Fsp3) is 0.600. The van der Waals surface area contributed by atoms with Crippen molar-refractivity contribution in [1.82, 2.24) is 15.0 Å². The Morgan fingerprint density at radius 1 is 1.45 bits per heavy atom. The van der Waals surface area contributed by atoms with Crippen molar-refractivity contribution in [1.29, 1.82) is 0 Å². The van der Waals surface area contributed by atoms with Gasteiger partial charge in [-0.05, 0) is 44.8 Å². The average Bonchev–Trinajstić information content (AvgIpc) is 3.09. The molecule has 0 bridgehead atoms. The molecular weight excluding hydrogens is 270 g/mol. The molecule has 0 saturated heterocycles. The summed E-state index contributed by atoms with van der Waals surface area (Å²) in [6, 6.07) is 4.66. The standard InChI is InChI=1S/C15H23N3OS/c1-4-7-12(2)18(3)10-5-9-14-16-15(17-19-14)13-8-6-11-20-13/h6,8,11-12H,4-5,7,9-10H2,1-3H3. The maximum atomic E-state index is 5.31. The van der Waals surface area contributed by atoms with Gasteiger partial charge in [0.2, 0.25) is 11.7 Å². The van der Waals surface area contributed by atoms with Crippen LogP contribution >= 0.6 is 11.3 Å². The monoisotopic (exact) mass is 293 g/mol. The van der Waals surface area contributed by atoms with Gasteiger partial charge in [-0.1, -0.05) is 24.6 Å². The molecule has 0 N–H and O–H groups in total. The van der Waals surface area contributed by atoms with E-state index in [4.69, 9.17) is 4.52 Å². The van der Waals surface area contributed by atoms with Gasteiger partial charge in [0.1, 0.15) is 0 Å². The highest BCUT2D eigenvalue weighted by Gasteiger charge is 2.11. The van der Waals surface area contributed by atoms with Crippen molar-refractivity contribution in [2.45, 2.75) is 45.6 Å². The smallest absolute Gasteiger partial charge is 0.227 e. The Labute approximate surface area is 124 Å². The van der Waals surface area contributed by atoms with E-state index in [1.165, 1.54) is 12.8 Å². The maximum Gasteiger partial charge on any atom is 0.227 e. The van der Waals surface area contributed by atoms with Gasteiger partial charge in [0.05, 0.1) is 4.88 Å². The van der Waals surface area contributed by atoms with E-state index in [0.29, 0.717) is 11.9 Å². The summed E-state index contributed by atoms with van der Waals surface area (Å²) in [6.07, 6.45) is 4.39. The summed E-state index contributed by atoms with van der Waals surface area (Å²) in [5.74, 6) is 1.45. The minimum absolute atomic E-state index is 0.643. The number of aryl methyl sites for hydroxylation is 1. The number of hydrogen-bond donors (Lipinski definition) is 0. The van der Waals surface area contributed by atoms with Crippen molar-refractivity contribution in [3.63, 3.8) is 0 Å². The Morgan fingerprint density at radius 3 is 3.00 bits per heavy atom. The Morgan fingerprint density at radius 2 is 2.30 bits per heavy atom. The molecular formula is C15H23N3OS. The van der Waals surface area contributed by atoms with E-state index in [1.54, 1.807) is 11.3 Å². The lowest BCUT2D eigenvalue weighted by molar-refractivity contribution is 0.238. The molecule has 0 aliphatic carbocycles. The molecule has 1 atom stereocenters. The summed E-state index contributed by atoms with van der Waals surface area (Å²) in [5, 5.41) is 6.05. The van der Waals surface area contributed by atoms with Crippen LogP contribution in [0.15, 0.2) is 22.0 Å². The molecule has 5 heteroatoms. The number of aromatic nitrogens is 2. The molecule has 4 nitrogen and oxygen atoms in total. The van der Waals surface area contributed by atoms with Crippen LogP contribution in [0.2, 0.25) is 0 Å². The summed E-state index contributed by atoms with van der Waals surface area (Å²) in [4.78, 5) is 7.91. The predicted molar refractivity (Wildman–Crippen MR) is 82.9 cm³/mol. The van der Waals surface area contributed by atoms with Crippen molar-refractivity contribution in [3.05, 3.63) is 23.4 Å². The van der Waals surface area contributed by atoms with Gasteiger partial charge in [-0.15, -0.1) is 11.3 Å². The van der Waals surface area contributed by atoms with Crippen molar-refractivity contribution in [2.75, 3.05) is 13.6 Å². The second kappa shape index (κ2) is 7.55. The van der Waals surface area contributed by atoms with Crippen LogP contribution in [0.5, 0.6) is 0 Å². The van der Waals surface area contributed by atoms with Gasteiger partial charge >= 0.3 is 0 Å². The van der Waals surface area contributed by atoms with E-state index in [1.807, 2.05) is 17.5 Å². The van der Waals surface area contributed by atoms with Crippen LogP contribution in [-0.2, 0) is 6.42 Å². The predicted octanol–water partition coefficient (Wildman–Crippen LogP) is 3.85. The van der Waals surface area contributed by atoms with E-state index in [-0.39, 0.29) is 0 Å². The van der Waals surface area contributed by atoms with Gasteiger partial charge in [0.25, 0.3) is 0 Å². The number of hydrogen-bond acceptors (Lipinski definition) is 5. The average molecular weight is 293 g/mol. The summed E-state index contributed by atoms with van der Waals surface area (Å²) >= 11 is 1.63. The van der Waals surface area contributed by atoms with E-state index >= 15 is 0 Å². The molecule has 0 saturated carbocycles. The summed E-state index contributed by atoms with van der Waals surface area (Å²) in [5.41, 5.74) is 0. The lowest BCUT2D eigenvalue weighted by atomic mass is 10.1. The van der Waals surface area contributed by atoms with E-state index < -0.39 is 0 Å². The Balaban J connectivity index is 1.77. The zero-order valence-corrected chi connectivity index (χ0v) is 13.3. The Bertz CT molecular complexity index is 495. The van der Waals surface area contributed by atoms with Crippen molar-refractivity contribution >= 4 is 11.3 Å². The highest BCUT2D eigenvalue weighted by Crippen LogP contribution is 2.21. The van der Waals surface area contributed by atoms with Crippen LogP contribution < -0.4 is 0 Å². The lowest BCUT2D eigenvalue weighted by Crippen LogP contribution is -2.30. The van der Waals surface area contributed by atoms with Crippen LogP contribution in [0.3, 0.4) is 0 Å². The molecule has 2 aromatic heterocycles. The van der Waals surface area contributed by atoms with Gasteiger partial charge in [-0.3, -0.25) is 0 Å². The van der Waals surface area contributed by atoms with Gasteiger partial charge in [0, 0.05) is 12.5 Å². The number of thiophene rings is 1. The van der Waals surface area contributed by atoms with Crippen LogP contribution in [0, 0.1) is 0 Å². The van der Waals surface area contributed by atoms with Gasteiger partial charge in [0.15, 0.2) is 0 Å². The Kier molecular flexibility index (Phi) is 5.73. The second-order valence-corrected chi connectivity index (χ2v) is 6.16. The molecule has 110 valence electrons. The minimum Gasteiger partial charge on any atom is -0.339 e.